The first kappa shape index (κ1) is 21.6. The largest absolute Gasteiger partial charge is 0.356 e. The maximum absolute atomic E-state index is 12.7. The van der Waals surface area contributed by atoms with Crippen molar-refractivity contribution in [3.63, 3.8) is 0 Å². The molecule has 0 aromatic heterocycles. The van der Waals surface area contributed by atoms with Crippen LogP contribution in [-0.2, 0) is 16.0 Å². The third kappa shape index (κ3) is 5.50. The van der Waals surface area contributed by atoms with Gasteiger partial charge in [-0.3, -0.25) is 14.5 Å². The smallest absolute Gasteiger partial charge is 0.324 e. The number of hydrogen-bond donors (Lipinski definition) is 2. The Kier molecular flexibility index (Phi) is 7.53. The van der Waals surface area contributed by atoms with Gasteiger partial charge >= 0.3 is 6.03 Å². The monoisotopic (exact) mass is 419 g/mol. The number of nitrogens with zero attached hydrogens (tertiary/aromatic N) is 1. The fraction of sp³-hybridized carbons (Fsp3) is 0.591. The number of fused-ring (bicyclic) bond motifs is 1. The minimum Gasteiger partial charge on any atom is -0.356 e. The van der Waals surface area contributed by atoms with Crippen LogP contribution in [-0.4, -0.2) is 41.9 Å². The van der Waals surface area contributed by atoms with Crippen molar-refractivity contribution in [1.29, 1.82) is 0 Å². The maximum Gasteiger partial charge on any atom is 0.324 e. The molecule has 158 valence electrons. The minimum atomic E-state index is -0.309. The number of urea groups is 1. The van der Waals surface area contributed by atoms with Crippen LogP contribution in [0, 0.1) is 11.8 Å². The average Bonchev–Trinajstić information content (AvgIpc) is 2.71. The summed E-state index contributed by atoms with van der Waals surface area (Å²) in [6.45, 7) is 3.13. The highest BCUT2D eigenvalue weighted by Gasteiger charge is 2.45. The fourth-order valence-electron chi connectivity index (χ4n) is 4.26. The zero-order valence-corrected chi connectivity index (χ0v) is 17.7. The van der Waals surface area contributed by atoms with Crippen LogP contribution >= 0.6 is 11.6 Å². The summed E-state index contributed by atoms with van der Waals surface area (Å²) in [5.74, 6) is -0.436. The molecule has 1 saturated heterocycles. The lowest BCUT2D eigenvalue weighted by atomic mass is 9.76. The van der Waals surface area contributed by atoms with Crippen molar-refractivity contribution in [3.8, 4) is 0 Å². The van der Waals surface area contributed by atoms with E-state index in [1.54, 1.807) is 0 Å². The highest BCUT2D eigenvalue weighted by atomic mass is 35.5. The van der Waals surface area contributed by atoms with E-state index in [-0.39, 0.29) is 35.7 Å². The first-order valence-electron chi connectivity index (χ1n) is 10.6. The predicted molar refractivity (Wildman–Crippen MR) is 113 cm³/mol. The molecule has 1 aliphatic carbocycles. The second-order valence-electron chi connectivity index (χ2n) is 8.04. The highest BCUT2D eigenvalue weighted by molar-refractivity contribution is 6.30. The van der Waals surface area contributed by atoms with Crippen LogP contribution in [0.15, 0.2) is 24.3 Å². The summed E-state index contributed by atoms with van der Waals surface area (Å²) in [6, 6.07) is 7.04. The Hall–Kier alpha value is -2.08. The minimum absolute atomic E-state index is 0.00415. The summed E-state index contributed by atoms with van der Waals surface area (Å²) < 4.78 is 0. The number of imide groups is 1. The van der Waals surface area contributed by atoms with Crippen molar-refractivity contribution in [3.05, 3.63) is 34.9 Å². The summed E-state index contributed by atoms with van der Waals surface area (Å²) in [5.41, 5.74) is 1.12. The number of nitrogens with one attached hydrogen (secondary N) is 2. The summed E-state index contributed by atoms with van der Waals surface area (Å²) in [6.07, 6.45) is 5.47. The van der Waals surface area contributed by atoms with Crippen molar-refractivity contribution < 1.29 is 14.4 Å². The first-order valence-corrected chi connectivity index (χ1v) is 11.0. The fourth-order valence-corrected chi connectivity index (χ4v) is 4.38. The first-order chi connectivity index (χ1) is 14.0. The number of carbonyl (C=O) groups excluding carboxylic acids is 3. The Bertz CT molecular complexity index is 737. The molecule has 3 atom stereocenters. The van der Waals surface area contributed by atoms with Gasteiger partial charge in [0.25, 0.3) is 0 Å². The Morgan fingerprint density at radius 2 is 1.97 bits per heavy atom. The highest BCUT2D eigenvalue weighted by Crippen LogP contribution is 2.33. The topological polar surface area (TPSA) is 78.5 Å². The van der Waals surface area contributed by atoms with E-state index in [0.29, 0.717) is 37.4 Å². The molecule has 2 fully saturated rings. The van der Waals surface area contributed by atoms with Gasteiger partial charge in [0.2, 0.25) is 11.8 Å². The molecule has 1 saturated carbocycles. The number of hydrogen-bond acceptors (Lipinski definition) is 3. The van der Waals surface area contributed by atoms with E-state index in [0.717, 1.165) is 31.2 Å². The molecule has 2 aliphatic rings. The van der Waals surface area contributed by atoms with E-state index in [9.17, 15) is 14.4 Å². The van der Waals surface area contributed by atoms with Crippen LogP contribution < -0.4 is 10.6 Å². The molecule has 1 heterocycles. The van der Waals surface area contributed by atoms with Crippen molar-refractivity contribution in [2.75, 3.05) is 13.1 Å². The molecule has 0 radical (unpaired) electrons. The average molecular weight is 420 g/mol. The second kappa shape index (κ2) is 10.1. The van der Waals surface area contributed by atoms with E-state index in [2.05, 4.69) is 17.6 Å². The molecule has 2 N–H and O–H groups in total. The van der Waals surface area contributed by atoms with Gasteiger partial charge < -0.3 is 10.6 Å². The van der Waals surface area contributed by atoms with Gasteiger partial charge in [0, 0.05) is 30.1 Å². The predicted octanol–water partition coefficient (Wildman–Crippen LogP) is 3.53. The Labute approximate surface area is 177 Å². The van der Waals surface area contributed by atoms with Crippen LogP contribution in [0.4, 0.5) is 4.79 Å². The lowest BCUT2D eigenvalue weighted by molar-refractivity contribution is -0.139. The zero-order valence-electron chi connectivity index (χ0n) is 17.0. The van der Waals surface area contributed by atoms with E-state index in [4.69, 9.17) is 11.6 Å². The van der Waals surface area contributed by atoms with Gasteiger partial charge in [-0.1, -0.05) is 43.5 Å². The number of carbonyl (C=O) groups is 3. The van der Waals surface area contributed by atoms with Crippen molar-refractivity contribution in [2.24, 2.45) is 11.8 Å². The lowest BCUT2D eigenvalue weighted by Crippen LogP contribution is -2.62. The third-order valence-corrected chi connectivity index (χ3v) is 6.22. The molecule has 0 spiro atoms. The molecule has 6 nitrogen and oxygen atoms in total. The third-order valence-electron chi connectivity index (χ3n) is 5.97. The van der Waals surface area contributed by atoms with Gasteiger partial charge in [-0.2, -0.15) is 0 Å². The van der Waals surface area contributed by atoms with Crippen LogP contribution in [0.3, 0.4) is 0 Å². The number of rotatable bonds is 8. The van der Waals surface area contributed by atoms with Gasteiger partial charge in [0.15, 0.2) is 0 Å². The van der Waals surface area contributed by atoms with E-state index < -0.39 is 0 Å². The van der Waals surface area contributed by atoms with Gasteiger partial charge in [-0.15, -0.1) is 0 Å². The molecule has 1 aliphatic heterocycles. The van der Waals surface area contributed by atoms with Crippen LogP contribution in [0.5, 0.6) is 0 Å². The molecule has 3 unspecified atom stereocenters. The Balaban J connectivity index is 1.47. The number of halogens is 1. The summed E-state index contributed by atoms with van der Waals surface area (Å²) in [7, 11) is 0. The maximum atomic E-state index is 12.7. The van der Waals surface area contributed by atoms with E-state index >= 15 is 0 Å². The molecule has 3 rings (SSSR count). The van der Waals surface area contributed by atoms with E-state index in [1.807, 2.05) is 24.3 Å². The summed E-state index contributed by atoms with van der Waals surface area (Å²) in [4.78, 5) is 39.1. The van der Waals surface area contributed by atoms with Crippen molar-refractivity contribution in [2.45, 2.75) is 57.9 Å². The standard InChI is InChI=1S/C22H30ClN3O3/c1-2-3-4-13-26-21(28)18-10-7-16(14-19(18)25-22(26)29)20(27)24-12-11-15-5-8-17(23)9-6-15/h5-6,8-9,16,18-19H,2-4,7,10-14H2,1H3,(H,24,27)(H,25,29). The molecule has 1 aromatic rings. The number of unbranched alkanes of at least 4 members (excludes halogenated alkanes) is 2. The lowest BCUT2D eigenvalue weighted by Gasteiger charge is -2.42. The molecule has 0 bridgehead atoms. The summed E-state index contributed by atoms with van der Waals surface area (Å²) in [5, 5.41) is 6.66. The van der Waals surface area contributed by atoms with Gasteiger partial charge in [0.1, 0.15) is 0 Å². The van der Waals surface area contributed by atoms with Crippen molar-refractivity contribution >= 4 is 29.4 Å². The Morgan fingerprint density at radius 3 is 2.69 bits per heavy atom. The molecular weight excluding hydrogens is 390 g/mol. The quantitative estimate of drug-likeness (QED) is 0.632. The van der Waals surface area contributed by atoms with Crippen LogP contribution in [0.2, 0.25) is 5.02 Å². The molecular formula is C22H30ClN3O3. The summed E-state index contributed by atoms with van der Waals surface area (Å²) >= 11 is 5.89. The molecule has 1 aromatic carbocycles. The second-order valence-corrected chi connectivity index (χ2v) is 8.47. The molecule has 7 heteroatoms. The van der Waals surface area contributed by atoms with Crippen LogP contribution in [0.25, 0.3) is 0 Å². The molecule has 4 amide bonds. The van der Waals surface area contributed by atoms with Gasteiger partial charge in [-0.05, 0) is 49.8 Å². The number of amides is 4. The van der Waals surface area contributed by atoms with Crippen molar-refractivity contribution in [1.82, 2.24) is 15.5 Å². The SMILES string of the molecule is CCCCCN1C(=O)NC2CC(C(=O)NCCc3ccc(Cl)cc3)CCC2C1=O. The Morgan fingerprint density at radius 1 is 1.21 bits per heavy atom. The normalized spacial score (nSPS) is 24.1. The molecule has 29 heavy (non-hydrogen) atoms. The zero-order chi connectivity index (χ0) is 20.8. The van der Waals surface area contributed by atoms with Gasteiger partial charge in [0.05, 0.1) is 5.92 Å². The van der Waals surface area contributed by atoms with Gasteiger partial charge in [-0.25, -0.2) is 4.79 Å². The van der Waals surface area contributed by atoms with E-state index in [1.165, 1.54) is 4.90 Å². The van der Waals surface area contributed by atoms with Crippen LogP contribution in [0.1, 0.15) is 51.0 Å². The number of benzene rings is 1.